The predicted octanol–water partition coefficient (Wildman–Crippen LogP) is 2.15. The van der Waals surface area contributed by atoms with Gasteiger partial charge in [-0.1, -0.05) is 0 Å². The summed E-state index contributed by atoms with van der Waals surface area (Å²) in [7, 11) is 0. The van der Waals surface area contributed by atoms with Gasteiger partial charge in [-0.2, -0.15) is 0 Å². The SMILES string of the molecule is [c]1nnc(-c2ccc3scnc3c2)o1. The zero-order valence-corrected chi connectivity index (χ0v) is 7.78. The molecule has 2 heterocycles. The van der Waals surface area contributed by atoms with E-state index in [4.69, 9.17) is 4.42 Å². The molecular weight excluding hydrogens is 198 g/mol. The van der Waals surface area contributed by atoms with E-state index in [2.05, 4.69) is 21.6 Å². The summed E-state index contributed by atoms with van der Waals surface area (Å²) in [4.78, 5) is 4.21. The minimum Gasteiger partial charge on any atom is -0.412 e. The maximum atomic E-state index is 4.97. The molecule has 0 bridgehead atoms. The first-order chi connectivity index (χ1) is 6.93. The molecule has 0 saturated carbocycles. The van der Waals surface area contributed by atoms with E-state index < -0.39 is 0 Å². The van der Waals surface area contributed by atoms with E-state index in [1.165, 1.54) is 0 Å². The van der Waals surface area contributed by atoms with Crippen molar-refractivity contribution in [3.63, 3.8) is 0 Å². The molecule has 1 radical (unpaired) electrons. The smallest absolute Gasteiger partial charge is 0.306 e. The molecule has 0 aliphatic rings. The molecule has 0 aliphatic heterocycles. The fourth-order valence-electron chi connectivity index (χ4n) is 1.26. The highest BCUT2D eigenvalue weighted by molar-refractivity contribution is 7.16. The Morgan fingerprint density at radius 1 is 1.36 bits per heavy atom. The molecule has 0 atom stereocenters. The molecule has 0 fully saturated rings. The summed E-state index contributed by atoms with van der Waals surface area (Å²) in [6.07, 6.45) is 2.32. The van der Waals surface area contributed by atoms with Gasteiger partial charge in [-0.25, -0.2) is 4.98 Å². The van der Waals surface area contributed by atoms with Gasteiger partial charge in [0.1, 0.15) is 0 Å². The summed E-state index contributed by atoms with van der Waals surface area (Å²) in [5.41, 5.74) is 3.64. The summed E-state index contributed by atoms with van der Waals surface area (Å²) in [5.74, 6) is 0.472. The van der Waals surface area contributed by atoms with Gasteiger partial charge in [0.2, 0.25) is 5.89 Å². The van der Waals surface area contributed by atoms with Crippen LogP contribution in [0, 0.1) is 6.39 Å². The maximum Gasteiger partial charge on any atom is 0.306 e. The van der Waals surface area contributed by atoms with Gasteiger partial charge in [-0.05, 0) is 18.2 Å². The quantitative estimate of drug-likeness (QED) is 0.606. The average molecular weight is 202 g/mol. The van der Waals surface area contributed by atoms with E-state index in [0.29, 0.717) is 5.89 Å². The van der Waals surface area contributed by atoms with Crippen molar-refractivity contribution < 1.29 is 4.42 Å². The van der Waals surface area contributed by atoms with Crippen LogP contribution in [0.15, 0.2) is 28.1 Å². The molecular formula is C9H4N3OS. The van der Waals surface area contributed by atoms with Crippen molar-refractivity contribution >= 4 is 21.6 Å². The molecule has 0 unspecified atom stereocenters. The minimum atomic E-state index is 0.472. The lowest BCUT2D eigenvalue weighted by Crippen LogP contribution is -1.77. The molecule has 3 rings (SSSR count). The van der Waals surface area contributed by atoms with E-state index in [9.17, 15) is 0 Å². The van der Waals surface area contributed by atoms with Gasteiger partial charge in [0.25, 0.3) is 0 Å². The Morgan fingerprint density at radius 3 is 3.21 bits per heavy atom. The third-order valence-corrected chi connectivity index (χ3v) is 2.71. The topological polar surface area (TPSA) is 51.8 Å². The second-order valence-corrected chi connectivity index (χ2v) is 3.62. The molecule has 0 spiro atoms. The van der Waals surface area contributed by atoms with Crippen molar-refractivity contribution in [1.82, 2.24) is 15.2 Å². The lowest BCUT2D eigenvalue weighted by molar-refractivity contribution is 0.559. The van der Waals surface area contributed by atoms with Crippen LogP contribution in [0.4, 0.5) is 0 Å². The summed E-state index contributed by atoms with van der Waals surface area (Å²) in [5, 5.41) is 7.29. The highest BCUT2D eigenvalue weighted by atomic mass is 32.1. The molecule has 0 N–H and O–H groups in total. The number of rotatable bonds is 1. The summed E-state index contributed by atoms with van der Waals surface area (Å²) in [6, 6.07) is 5.85. The molecule has 4 nitrogen and oxygen atoms in total. The molecule has 2 aromatic heterocycles. The van der Waals surface area contributed by atoms with E-state index in [1.807, 2.05) is 23.7 Å². The predicted molar refractivity (Wildman–Crippen MR) is 51.7 cm³/mol. The Hall–Kier alpha value is -1.75. The van der Waals surface area contributed by atoms with Crippen molar-refractivity contribution in [2.75, 3.05) is 0 Å². The molecule has 3 aromatic rings. The zero-order valence-electron chi connectivity index (χ0n) is 6.97. The van der Waals surface area contributed by atoms with Gasteiger partial charge in [0.15, 0.2) is 0 Å². The Balaban J connectivity index is 2.23. The molecule has 0 aliphatic carbocycles. The Labute approximate surface area is 83.2 Å². The molecule has 1 aromatic carbocycles. The Kier molecular flexibility index (Phi) is 1.57. The number of hydrogen-bond donors (Lipinski definition) is 0. The Bertz CT molecular complexity index is 558. The lowest BCUT2D eigenvalue weighted by Gasteiger charge is -1.92. The van der Waals surface area contributed by atoms with E-state index in [0.717, 1.165) is 15.8 Å². The number of aromatic nitrogens is 3. The first kappa shape index (κ1) is 7.64. The number of thiazole rings is 1. The van der Waals surface area contributed by atoms with Crippen LogP contribution in [-0.2, 0) is 0 Å². The first-order valence-electron chi connectivity index (χ1n) is 3.97. The number of hydrogen-bond acceptors (Lipinski definition) is 5. The van der Waals surface area contributed by atoms with Crippen molar-refractivity contribution in [2.45, 2.75) is 0 Å². The maximum absolute atomic E-state index is 4.97. The first-order valence-corrected chi connectivity index (χ1v) is 4.84. The van der Waals surface area contributed by atoms with Crippen LogP contribution in [0.3, 0.4) is 0 Å². The fraction of sp³-hybridized carbons (Fsp3) is 0. The second kappa shape index (κ2) is 2.88. The van der Waals surface area contributed by atoms with Crippen LogP contribution < -0.4 is 0 Å². The van der Waals surface area contributed by atoms with Crippen LogP contribution in [0.5, 0.6) is 0 Å². The number of benzene rings is 1. The van der Waals surface area contributed by atoms with Gasteiger partial charge in [0.05, 0.1) is 15.7 Å². The summed E-state index contributed by atoms with van der Waals surface area (Å²) in [6.45, 7) is 0. The third kappa shape index (κ3) is 1.10. The van der Waals surface area contributed by atoms with E-state index >= 15 is 0 Å². The van der Waals surface area contributed by atoms with Crippen LogP contribution >= 0.6 is 11.3 Å². The number of nitrogens with zero attached hydrogens (tertiary/aromatic N) is 3. The fourth-order valence-corrected chi connectivity index (χ4v) is 1.92. The lowest BCUT2D eigenvalue weighted by atomic mass is 10.2. The standard InChI is InChI=1S/C9H4N3OS/c1-2-8-7(10-5-14-8)3-6(1)9-12-11-4-13-9/h1-3,5H. The summed E-state index contributed by atoms with van der Waals surface area (Å²) >= 11 is 1.61. The summed E-state index contributed by atoms with van der Waals surface area (Å²) < 4.78 is 6.12. The van der Waals surface area contributed by atoms with Gasteiger partial charge in [-0.15, -0.1) is 21.5 Å². The van der Waals surface area contributed by atoms with Gasteiger partial charge >= 0.3 is 6.39 Å². The molecule has 0 amide bonds. The van der Waals surface area contributed by atoms with Crippen LogP contribution in [0.2, 0.25) is 0 Å². The van der Waals surface area contributed by atoms with Crippen molar-refractivity contribution in [3.05, 3.63) is 30.1 Å². The minimum absolute atomic E-state index is 0.472. The largest absolute Gasteiger partial charge is 0.412 e. The monoisotopic (exact) mass is 202 g/mol. The number of fused-ring (bicyclic) bond motifs is 1. The van der Waals surface area contributed by atoms with Gasteiger partial charge in [0, 0.05) is 5.56 Å². The third-order valence-electron chi connectivity index (χ3n) is 1.90. The van der Waals surface area contributed by atoms with Crippen LogP contribution in [0.25, 0.3) is 21.7 Å². The highest BCUT2D eigenvalue weighted by Gasteiger charge is 2.05. The van der Waals surface area contributed by atoms with Gasteiger partial charge in [-0.3, -0.25) is 0 Å². The zero-order chi connectivity index (χ0) is 9.38. The van der Waals surface area contributed by atoms with Gasteiger partial charge < -0.3 is 4.42 Å². The molecule has 0 saturated heterocycles. The van der Waals surface area contributed by atoms with Crippen LogP contribution in [0.1, 0.15) is 0 Å². The highest BCUT2D eigenvalue weighted by Crippen LogP contribution is 2.23. The van der Waals surface area contributed by atoms with Crippen LogP contribution in [-0.4, -0.2) is 15.2 Å². The molecule has 14 heavy (non-hydrogen) atoms. The average Bonchev–Trinajstić information content (AvgIpc) is 2.88. The van der Waals surface area contributed by atoms with E-state index in [1.54, 1.807) is 11.3 Å². The van der Waals surface area contributed by atoms with Crippen molar-refractivity contribution in [2.24, 2.45) is 0 Å². The Morgan fingerprint density at radius 2 is 2.36 bits per heavy atom. The van der Waals surface area contributed by atoms with Crippen molar-refractivity contribution in [3.8, 4) is 11.5 Å². The van der Waals surface area contributed by atoms with Crippen molar-refractivity contribution in [1.29, 1.82) is 0 Å². The second-order valence-electron chi connectivity index (χ2n) is 2.73. The normalized spacial score (nSPS) is 10.9. The molecule has 67 valence electrons. The van der Waals surface area contributed by atoms with E-state index in [-0.39, 0.29) is 0 Å². The molecule has 5 heteroatoms.